The van der Waals surface area contributed by atoms with Crippen molar-refractivity contribution in [1.82, 2.24) is 0 Å². The van der Waals surface area contributed by atoms with Crippen molar-refractivity contribution in [1.29, 1.82) is 0 Å². The Morgan fingerprint density at radius 1 is 1.50 bits per heavy atom. The lowest BCUT2D eigenvalue weighted by atomic mass is 10.1. The zero-order valence-electron chi connectivity index (χ0n) is 9.23. The van der Waals surface area contributed by atoms with Gasteiger partial charge in [0.05, 0.1) is 12.0 Å². The van der Waals surface area contributed by atoms with Gasteiger partial charge in [0.15, 0.2) is 11.5 Å². The number of nitro benzene ring substituents is 1. The molecule has 1 N–H and O–H groups in total. The lowest BCUT2D eigenvalue weighted by molar-refractivity contribution is -0.384. The number of carbonyl (C=O) groups is 1. The normalized spacial score (nSPS) is 9.69. The Hall–Kier alpha value is -2.11. The standard InChI is InChI=1S/C10H12N2O4/c1-6(13)7-4-8(12(14)15)10(11-2)9(5-7)16-3/h4-5,11H,1-3H3. The molecule has 86 valence electrons. The largest absolute Gasteiger partial charge is 0.494 e. The summed E-state index contributed by atoms with van der Waals surface area (Å²) >= 11 is 0. The first-order valence-electron chi connectivity index (χ1n) is 4.56. The molecule has 6 nitrogen and oxygen atoms in total. The molecule has 0 aliphatic carbocycles. The first-order valence-corrected chi connectivity index (χ1v) is 4.56. The highest BCUT2D eigenvalue weighted by Gasteiger charge is 2.20. The molecule has 0 bridgehead atoms. The molecule has 1 rings (SSSR count). The van der Waals surface area contributed by atoms with Gasteiger partial charge in [-0.2, -0.15) is 0 Å². The van der Waals surface area contributed by atoms with Crippen LogP contribution in [0.2, 0.25) is 0 Å². The minimum atomic E-state index is -0.555. The quantitative estimate of drug-likeness (QED) is 0.479. The lowest BCUT2D eigenvalue weighted by Gasteiger charge is -2.09. The van der Waals surface area contributed by atoms with Crippen LogP contribution in [0.5, 0.6) is 5.75 Å². The van der Waals surface area contributed by atoms with Gasteiger partial charge in [-0.05, 0) is 13.0 Å². The Balaban J connectivity index is 3.49. The Morgan fingerprint density at radius 2 is 2.12 bits per heavy atom. The number of hydrogen-bond donors (Lipinski definition) is 1. The average molecular weight is 224 g/mol. The maximum absolute atomic E-state index is 11.2. The molecule has 6 heteroatoms. The van der Waals surface area contributed by atoms with Gasteiger partial charge in [-0.1, -0.05) is 0 Å². The van der Waals surface area contributed by atoms with Crippen LogP contribution in [0, 0.1) is 10.1 Å². The molecule has 1 aromatic rings. The van der Waals surface area contributed by atoms with Crippen molar-refractivity contribution in [3.05, 3.63) is 27.8 Å². The maximum atomic E-state index is 11.2. The van der Waals surface area contributed by atoms with E-state index in [1.807, 2.05) is 0 Å². The molecule has 0 aliphatic heterocycles. The molecule has 0 unspecified atom stereocenters. The number of Topliss-reactive ketones (excluding diaryl/α,β-unsaturated/α-hetero) is 1. The molecule has 0 saturated carbocycles. The SMILES string of the molecule is CNc1c(OC)cc(C(C)=O)cc1[N+](=O)[O-]. The number of rotatable bonds is 4. The van der Waals surface area contributed by atoms with Crippen LogP contribution in [0.15, 0.2) is 12.1 Å². The molecule has 0 aromatic heterocycles. The number of nitro groups is 1. The van der Waals surface area contributed by atoms with Gasteiger partial charge in [-0.15, -0.1) is 0 Å². The summed E-state index contributed by atoms with van der Waals surface area (Å²) in [5.74, 6) is 0.0333. The summed E-state index contributed by atoms with van der Waals surface area (Å²) in [7, 11) is 2.95. The molecule has 1 aromatic carbocycles. The van der Waals surface area contributed by atoms with Crippen molar-refractivity contribution in [3.63, 3.8) is 0 Å². The van der Waals surface area contributed by atoms with Crippen molar-refractivity contribution < 1.29 is 14.5 Å². The zero-order chi connectivity index (χ0) is 12.3. The van der Waals surface area contributed by atoms with Gasteiger partial charge in [-0.3, -0.25) is 14.9 Å². The van der Waals surface area contributed by atoms with Crippen molar-refractivity contribution in [2.45, 2.75) is 6.92 Å². The molecule has 0 heterocycles. The monoisotopic (exact) mass is 224 g/mol. The third kappa shape index (κ3) is 2.10. The average Bonchev–Trinajstić information content (AvgIpc) is 2.26. The summed E-state index contributed by atoms with van der Waals surface area (Å²) in [5.41, 5.74) is 0.340. The molecule has 16 heavy (non-hydrogen) atoms. The molecule has 0 radical (unpaired) electrons. The second kappa shape index (κ2) is 4.61. The first kappa shape index (κ1) is 12.0. The van der Waals surface area contributed by atoms with E-state index in [-0.39, 0.29) is 28.5 Å². The molecule has 0 amide bonds. The van der Waals surface area contributed by atoms with E-state index in [2.05, 4.69) is 5.32 Å². The number of benzene rings is 1. The van der Waals surface area contributed by atoms with Gasteiger partial charge < -0.3 is 10.1 Å². The number of carbonyl (C=O) groups excluding carboxylic acids is 1. The molecule has 0 aliphatic rings. The highest BCUT2D eigenvalue weighted by Crippen LogP contribution is 2.35. The van der Waals surface area contributed by atoms with Gasteiger partial charge in [0.25, 0.3) is 5.69 Å². The predicted octanol–water partition coefficient (Wildman–Crippen LogP) is 1.85. The highest BCUT2D eigenvalue weighted by atomic mass is 16.6. The van der Waals surface area contributed by atoms with Gasteiger partial charge >= 0.3 is 0 Å². The van der Waals surface area contributed by atoms with E-state index < -0.39 is 4.92 Å². The lowest BCUT2D eigenvalue weighted by Crippen LogP contribution is -2.03. The van der Waals surface area contributed by atoms with Crippen LogP contribution >= 0.6 is 0 Å². The fraction of sp³-hybridized carbons (Fsp3) is 0.300. The number of anilines is 1. The van der Waals surface area contributed by atoms with Crippen molar-refractivity contribution >= 4 is 17.2 Å². The van der Waals surface area contributed by atoms with Crippen LogP contribution in [-0.4, -0.2) is 24.9 Å². The second-order valence-electron chi connectivity index (χ2n) is 3.14. The number of nitrogens with zero attached hydrogens (tertiary/aromatic N) is 1. The van der Waals surface area contributed by atoms with E-state index in [1.54, 1.807) is 7.05 Å². The third-order valence-corrected chi connectivity index (χ3v) is 2.15. The molecular weight excluding hydrogens is 212 g/mol. The van der Waals surface area contributed by atoms with Crippen LogP contribution < -0.4 is 10.1 Å². The summed E-state index contributed by atoms with van der Waals surface area (Å²) in [6, 6.07) is 2.71. The Bertz CT molecular complexity index is 443. The Labute approximate surface area is 92.4 Å². The van der Waals surface area contributed by atoms with Crippen LogP contribution in [0.1, 0.15) is 17.3 Å². The topological polar surface area (TPSA) is 81.5 Å². The first-order chi connectivity index (χ1) is 7.51. The van der Waals surface area contributed by atoms with Crippen LogP contribution in [0.3, 0.4) is 0 Å². The number of nitrogens with one attached hydrogen (secondary N) is 1. The van der Waals surface area contributed by atoms with E-state index in [1.165, 1.54) is 26.2 Å². The van der Waals surface area contributed by atoms with E-state index >= 15 is 0 Å². The number of hydrogen-bond acceptors (Lipinski definition) is 5. The minimum Gasteiger partial charge on any atom is -0.494 e. The van der Waals surface area contributed by atoms with Crippen LogP contribution in [0.25, 0.3) is 0 Å². The maximum Gasteiger partial charge on any atom is 0.296 e. The predicted molar refractivity (Wildman–Crippen MR) is 59.2 cm³/mol. The molecule has 0 fully saturated rings. The number of ketones is 1. The molecule has 0 saturated heterocycles. The molecule has 0 spiro atoms. The molecule has 0 atom stereocenters. The summed E-state index contributed by atoms with van der Waals surface area (Å²) in [6.07, 6.45) is 0. The fourth-order valence-electron chi connectivity index (χ4n) is 1.36. The molecular formula is C10H12N2O4. The van der Waals surface area contributed by atoms with E-state index in [0.717, 1.165) is 0 Å². The number of methoxy groups -OCH3 is 1. The van der Waals surface area contributed by atoms with Gasteiger partial charge in [0.1, 0.15) is 5.75 Å². The van der Waals surface area contributed by atoms with E-state index in [4.69, 9.17) is 4.74 Å². The summed E-state index contributed by atoms with van der Waals surface area (Å²) in [6.45, 7) is 1.34. The van der Waals surface area contributed by atoms with Crippen molar-refractivity contribution in [2.75, 3.05) is 19.5 Å². The van der Waals surface area contributed by atoms with Crippen LogP contribution in [-0.2, 0) is 0 Å². The Morgan fingerprint density at radius 3 is 2.50 bits per heavy atom. The number of ether oxygens (including phenoxy) is 1. The van der Waals surface area contributed by atoms with E-state index in [9.17, 15) is 14.9 Å². The summed E-state index contributed by atoms with van der Waals surface area (Å²) < 4.78 is 5.00. The smallest absolute Gasteiger partial charge is 0.296 e. The van der Waals surface area contributed by atoms with Crippen molar-refractivity contribution in [3.8, 4) is 5.75 Å². The second-order valence-corrected chi connectivity index (χ2v) is 3.14. The summed E-state index contributed by atoms with van der Waals surface area (Å²) in [5, 5.41) is 13.5. The Kier molecular flexibility index (Phi) is 3.44. The van der Waals surface area contributed by atoms with Crippen molar-refractivity contribution in [2.24, 2.45) is 0 Å². The summed E-state index contributed by atoms with van der Waals surface area (Å²) in [4.78, 5) is 21.5. The van der Waals surface area contributed by atoms with Gasteiger partial charge in [0.2, 0.25) is 0 Å². The minimum absolute atomic E-state index is 0.174. The van der Waals surface area contributed by atoms with Gasteiger partial charge in [-0.25, -0.2) is 0 Å². The highest BCUT2D eigenvalue weighted by molar-refractivity contribution is 5.96. The van der Waals surface area contributed by atoms with Gasteiger partial charge in [0, 0.05) is 18.7 Å². The zero-order valence-corrected chi connectivity index (χ0v) is 9.23. The third-order valence-electron chi connectivity index (χ3n) is 2.15. The fourth-order valence-corrected chi connectivity index (χ4v) is 1.36. The van der Waals surface area contributed by atoms with Crippen LogP contribution in [0.4, 0.5) is 11.4 Å². The van der Waals surface area contributed by atoms with E-state index in [0.29, 0.717) is 0 Å².